The highest BCUT2D eigenvalue weighted by Crippen LogP contribution is 2.47. The number of nitro groups is 1. The Bertz CT molecular complexity index is 2210. The van der Waals surface area contributed by atoms with Gasteiger partial charge < -0.3 is 24.1 Å². The lowest BCUT2D eigenvalue weighted by atomic mass is 9.93. The maximum absolute atomic E-state index is 14.2. The fourth-order valence-corrected chi connectivity index (χ4v) is 7.09. The third kappa shape index (κ3) is 5.66. The summed E-state index contributed by atoms with van der Waals surface area (Å²) < 4.78 is 48.0. The van der Waals surface area contributed by atoms with Gasteiger partial charge in [0.15, 0.2) is 11.5 Å². The van der Waals surface area contributed by atoms with Crippen molar-refractivity contribution in [3.8, 4) is 23.3 Å². The molecule has 0 aliphatic carbocycles. The molecule has 1 N–H and O–H groups in total. The Balaban J connectivity index is 1.45. The fraction of sp³-hybridized carbons (Fsp3) is 0.212. The number of non-ortho nitro benzene ring substituents is 1. The number of fused-ring (bicyclic) bond motifs is 4. The number of nitrogens with one attached hydrogen (secondary N) is 1. The largest absolute Gasteiger partial charge is 0.493 e. The van der Waals surface area contributed by atoms with Crippen LogP contribution in [-0.4, -0.2) is 58.7 Å². The summed E-state index contributed by atoms with van der Waals surface area (Å²) in [6.45, 7) is -0.363. The average molecular weight is 657 g/mol. The summed E-state index contributed by atoms with van der Waals surface area (Å²) in [5, 5.41) is 22.9. The molecule has 1 atom stereocenters. The van der Waals surface area contributed by atoms with E-state index in [1.165, 1.54) is 44.4 Å². The van der Waals surface area contributed by atoms with Crippen LogP contribution in [0.3, 0.4) is 0 Å². The number of carbonyl (C=O) groups excluding carboxylic acids is 1. The van der Waals surface area contributed by atoms with E-state index in [0.29, 0.717) is 44.7 Å². The van der Waals surface area contributed by atoms with Crippen LogP contribution in [-0.2, 0) is 20.1 Å². The first-order valence-corrected chi connectivity index (χ1v) is 15.9. The zero-order valence-corrected chi connectivity index (χ0v) is 26.3. The molecule has 14 heteroatoms. The van der Waals surface area contributed by atoms with Crippen molar-refractivity contribution in [2.45, 2.75) is 11.7 Å². The van der Waals surface area contributed by atoms with Crippen molar-refractivity contribution in [3.63, 3.8) is 0 Å². The number of anilines is 1. The quantitative estimate of drug-likeness (QED) is 0.116. The van der Waals surface area contributed by atoms with Crippen LogP contribution < -0.4 is 19.1 Å². The van der Waals surface area contributed by atoms with Gasteiger partial charge in [-0.1, -0.05) is 36.4 Å². The number of aromatic nitrogens is 1. The van der Waals surface area contributed by atoms with Gasteiger partial charge in [0.1, 0.15) is 11.4 Å². The number of amides is 1. The summed E-state index contributed by atoms with van der Waals surface area (Å²) in [5.74, 6) is -0.551. The first-order valence-electron chi connectivity index (χ1n) is 14.3. The standard InChI is InChI=1S/C33H28N4O9S/c1-43-28-13-21-12-25(35-30(21)32(45-3)31(28)44-2)33(38)36-16-22(17-46-47(41,42)18-19-7-5-4-6-8-19)29-23-10-9-20(15-34)11-24(23)26(37(39)40)14-27(29)36/h4-14,22,35H,16-18H2,1-3H3. The lowest BCUT2D eigenvalue weighted by molar-refractivity contribution is -0.383. The number of H-pyrrole nitrogens is 1. The summed E-state index contributed by atoms with van der Waals surface area (Å²) in [6.07, 6.45) is 0. The molecular formula is C33H28N4O9S. The maximum Gasteiger partial charge on any atom is 0.279 e. The molecule has 2 heterocycles. The minimum absolute atomic E-state index is 0.0373. The third-order valence-corrected chi connectivity index (χ3v) is 9.28. The molecule has 47 heavy (non-hydrogen) atoms. The predicted molar refractivity (Wildman–Crippen MR) is 173 cm³/mol. The lowest BCUT2D eigenvalue weighted by Gasteiger charge is -2.17. The molecular weight excluding hydrogens is 628 g/mol. The van der Waals surface area contributed by atoms with Crippen LogP contribution in [0.4, 0.5) is 11.4 Å². The minimum Gasteiger partial charge on any atom is -0.493 e. The van der Waals surface area contributed by atoms with Crippen LogP contribution >= 0.6 is 0 Å². The molecule has 0 spiro atoms. The molecule has 0 radical (unpaired) electrons. The number of ether oxygens (including phenoxy) is 3. The van der Waals surface area contributed by atoms with E-state index in [-0.39, 0.29) is 46.9 Å². The number of nitro benzene ring substituents is 1. The Hall–Kier alpha value is -5.65. The van der Waals surface area contributed by atoms with Crippen molar-refractivity contribution in [1.29, 1.82) is 5.26 Å². The number of rotatable bonds is 10. The molecule has 13 nitrogen and oxygen atoms in total. The third-order valence-electron chi connectivity index (χ3n) is 8.09. The molecule has 240 valence electrons. The van der Waals surface area contributed by atoms with Crippen LogP contribution in [0.5, 0.6) is 17.2 Å². The Kier molecular flexibility index (Phi) is 8.18. The van der Waals surface area contributed by atoms with Gasteiger partial charge in [-0.05, 0) is 40.8 Å². The van der Waals surface area contributed by atoms with Crippen molar-refractivity contribution in [2.24, 2.45) is 0 Å². The molecule has 0 bridgehead atoms. The smallest absolute Gasteiger partial charge is 0.279 e. The van der Waals surface area contributed by atoms with Crippen LogP contribution in [0.2, 0.25) is 0 Å². The van der Waals surface area contributed by atoms with Crippen molar-refractivity contribution in [1.82, 2.24) is 4.98 Å². The van der Waals surface area contributed by atoms with Gasteiger partial charge >= 0.3 is 0 Å². The molecule has 1 aromatic heterocycles. The molecule has 5 aromatic rings. The van der Waals surface area contributed by atoms with Gasteiger partial charge in [0.25, 0.3) is 21.7 Å². The van der Waals surface area contributed by atoms with Crippen LogP contribution in [0.25, 0.3) is 21.7 Å². The topological polar surface area (TPSA) is 174 Å². The minimum atomic E-state index is -4.04. The summed E-state index contributed by atoms with van der Waals surface area (Å²) in [4.78, 5) is 30.3. The first-order chi connectivity index (χ1) is 22.6. The van der Waals surface area contributed by atoms with Crippen LogP contribution in [0.1, 0.15) is 33.1 Å². The van der Waals surface area contributed by atoms with Crippen LogP contribution in [0, 0.1) is 21.4 Å². The monoisotopic (exact) mass is 656 g/mol. The van der Waals surface area contributed by atoms with Gasteiger partial charge in [0.2, 0.25) is 5.75 Å². The zero-order valence-electron chi connectivity index (χ0n) is 25.5. The van der Waals surface area contributed by atoms with Gasteiger partial charge in [-0.15, -0.1) is 0 Å². The maximum atomic E-state index is 14.2. The van der Waals surface area contributed by atoms with E-state index in [0.717, 1.165) is 0 Å². The number of benzene rings is 4. The Labute approximate surface area is 269 Å². The van der Waals surface area contributed by atoms with Crippen LogP contribution in [0.15, 0.2) is 66.7 Å². The second-order valence-corrected chi connectivity index (χ2v) is 12.5. The van der Waals surface area contributed by atoms with Crippen molar-refractivity contribution in [2.75, 3.05) is 39.4 Å². The second kappa shape index (κ2) is 12.3. The van der Waals surface area contributed by atoms with Crippen molar-refractivity contribution >= 4 is 49.1 Å². The number of hydrogen-bond donors (Lipinski definition) is 1. The van der Waals surface area contributed by atoms with Crippen molar-refractivity contribution in [3.05, 3.63) is 99.2 Å². The predicted octanol–water partition coefficient (Wildman–Crippen LogP) is 5.42. The molecule has 1 amide bonds. The molecule has 1 aliphatic rings. The van der Waals surface area contributed by atoms with Crippen molar-refractivity contribution < 1.29 is 36.5 Å². The Morgan fingerprint density at radius 2 is 1.77 bits per heavy atom. The molecule has 0 fully saturated rings. The fourth-order valence-electron chi connectivity index (χ4n) is 6.04. The number of carbonyl (C=O) groups is 1. The molecule has 4 aromatic carbocycles. The SMILES string of the molecule is COc1cc2cc(C(=O)N3CC(COS(=O)(=O)Cc4ccccc4)c4c3cc([N+](=O)[O-])c3cc(C#N)ccc43)[nH]c2c(OC)c1OC. The number of nitrogens with zero attached hydrogens (tertiary/aromatic N) is 3. The van der Waals surface area contributed by atoms with Gasteiger partial charge in [-0.25, -0.2) is 0 Å². The number of methoxy groups -OCH3 is 3. The average Bonchev–Trinajstić information content (AvgIpc) is 3.67. The molecule has 6 rings (SSSR count). The second-order valence-electron chi connectivity index (χ2n) is 10.8. The Morgan fingerprint density at radius 1 is 1.02 bits per heavy atom. The van der Waals surface area contributed by atoms with E-state index in [1.54, 1.807) is 48.5 Å². The van der Waals surface area contributed by atoms with E-state index in [2.05, 4.69) is 4.98 Å². The number of hydrogen-bond acceptors (Lipinski definition) is 10. The number of aromatic amines is 1. The highest BCUT2D eigenvalue weighted by Gasteiger charge is 2.38. The highest BCUT2D eigenvalue weighted by atomic mass is 32.2. The van der Waals surface area contributed by atoms with Gasteiger partial charge in [-0.3, -0.25) is 19.1 Å². The molecule has 1 unspecified atom stereocenters. The molecule has 0 saturated carbocycles. The van der Waals surface area contributed by atoms with E-state index in [4.69, 9.17) is 18.4 Å². The lowest BCUT2D eigenvalue weighted by Crippen LogP contribution is -2.31. The van der Waals surface area contributed by atoms with Gasteiger partial charge in [0.05, 0.1) is 61.1 Å². The molecule has 0 saturated heterocycles. The van der Waals surface area contributed by atoms with E-state index in [9.17, 15) is 28.6 Å². The molecule has 1 aliphatic heterocycles. The van der Waals surface area contributed by atoms with Gasteiger partial charge in [-0.2, -0.15) is 13.7 Å². The normalized spacial score (nSPS) is 14.2. The summed E-state index contributed by atoms with van der Waals surface area (Å²) in [5.41, 5.74) is 1.78. The first kappa shape index (κ1) is 31.3. The summed E-state index contributed by atoms with van der Waals surface area (Å²) >= 11 is 0. The summed E-state index contributed by atoms with van der Waals surface area (Å²) in [7, 11) is 0.350. The van der Waals surface area contributed by atoms with E-state index >= 15 is 0 Å². The van der Waals surface area contributed by atoms with E-state index < -0.39 is 26.9 Å². The van der Waals surface area contributed by atoms with Gasteiger partial charge in [0, 0.05) is 23.9 Å². The van der Waals surface area contributed by atoms with E-state index in [1.807, 2.05) is 6.07 Å². The summed E-state index contributed by atoms with van der Waals surface area (Å²) in [6, 6.07) is 19.6. The highest BCUT2D eigenvalue weighted by molar-refractivity contribution is 7.85. The number of nitriles is 1. The zero-order chi connectivity index (χ0) is 33.5. The Morgan fingerprint density at radius 3 is 2.43 bits per heavy atom.